The smallest absolute Gasteiger partial charge is 0.152 e. The molecule has 0 amide bonds. The molecule has 1 aromatic heterocycles. The van der Waals surface area contributed by atoms with Crippen LogP contribution >= 0.6 is 0 Å². The summed E-state index contributed by atoms with van der Waals surface area (Å²) in [5.41, 5.74) is 3.69. The van der Waals surface area contributed by atoms with E-state index in [2.05, 4.69) is 63.9 Å². The number of methoxy groups -OCH3 is 1. The zero-order chi connectivity index (χ0) is 21.6. The van der Waals surface area contributed by atoms with E-state index in [1.165, 1.54) is 22.2 Å². The van der Waals surface area contributed by atoms with Crippen LogP contribution < -0.4 is 9.64 Å². The Labute approximate surface area is 185 Å². The molecule has 5 heteroatoms. The number of ether oxygens (including phenoxy) is 1. The normalized spacial score (nSPS) is 14.8. The fraction of sp³-hybridized carbons (Fsp3) is 0.423. The van der Waals surface area contributed by atoms with Gasteiger partial charge in [0.15, 0.2) is 5.78 Å². The molecule has 1 saturated heterocycles. The Morgan fingerprint density at radius 3 is 2.52 bits per heavy atom. The van der Waals surface area contributed by atoms with E-state index in [0.717, 1.165) is 51.3 Å². The number of anilines is 1. The zero-order valence-corrected chi connectivity index (χ0v) is 18.7. The lowest BCUT2D eigenvalue weighted by Gasteiger charge is -2.36. The third-order valence-electron chi connectivity index (χ3n) is 6.24. The zero-order valence-electron chi connectivity index (χ0n) is 18.7. The van der Waals surface area contributed by atoms with Gasteiger partial charge in [0.05, 0.1) is 19.3 Å². The Balaban J connectivity index is 1.38. The maximum atomic E-state index is 12.2. The molecule has 3 aromatic rings. The molecule has 0 bridgehead atoms. The van der Waals surface area contributed by atoms with Gasteiger partial charge in [-0.1, -0.05) is 37.3 Å². The number of hydrogen-bond acceptors (Lipinski definition) is 4. The van der Waals surface area contributed by atoms with Gasteiger partial charge in [0.1, 0.15) is 5.75 Å². The minimum Gasteiger partial charge on any atom is -0.495 e. The van der Waals surface area contributed by atoms with Crippen LogP contribution in [-0.2, 0) is 17.8 Å². The van der Waals surface area contributed by atoms with E-state index < -0.39 is 0 Å². The second-order valence-electron chi connectivity index (χ2n) is 8.34. The molecular formula is C26H33N3O2. The van der Waals surface area contributed by atoms with E-state index in [1.54, 1.807) is 7.11 Å². The molecule has 2 heterocycles. The average Bonchev–Trinajstić information content (AvgIpc) is 3.15. The van der Waals surface area contributed by atoms with E-state index in [4.69, 9.17) is 4.74 Å². The topological polar surface area (TPSA) is 37.7 Å². The summed E-state index contributed by atoms with van der Waals surface area (Å²) < 4.78 is 7.68. The maximum absolute atomic E-state index is 12.2. The van der Waals surface area contributed by atoms with E-state index in [1.807, 2.05) is 12.1 Å². The minimum atomic E-state index is 0.308. The van der Waals surface area contributed by atoms with Crippen LogP contribution in [0.3, 0.4) is 0 Å². The summed E-state index contributed by atoms with van der Waals surface area (Å²) in [4.78, 5) is 17.2. The van der Waals surface area contributed by atoms with Gasteiger partial charge in [-0.25, -0.2) is 0 Å². The van der Waals surface area contributed by atoms with Gasteiger partial charge in [0.25, 0.3) is 0 Å². The predicted octanol–water partition coefficient (Wildman–Crippen LogP) is 4.38. The van der Waals surface area contributed by atoms with Crippen molar-refractivity contribution < 1.29 is 9.53 Å². The fourth-order valence-electron chi connectivity index (χ4n) is 4.58. The number of ketones is 1. The molecule has 1 aliphatic rings. The molecule has 0 unspecified atom stereocenters. The Hall–Kier alpha value is -2.79. The summed E-state index contributed by atoms with van der Waals surface area (Å²) in [7, 11) is 1.74. The first-order valence-corrected chi connectivity index (χ1v) is 11.4. The van der Waals surface area contributed by atoms with Crippen LogP contribution in [0.5, 0.6) is 5.75 Å². The predicted molar refractivity (Wildman–Crippen MR) is 127 cm³/mol. The van der Waals surface area contributed by atoms with Gasteiger partial charge in [-0.2, -0.15) is 0 Å². The van der Waals surface area contributed by atoms with Gasteiger partial charge in [0.2, 0.25) is 0 Å². The van der Waals surface area contributed by atoms with Crippen LogP contribution in [0.2, 0.25) is 0 Å². The number of benzene rings is 2. The van der Waals surface area contributed by atoms with Gasteiger partial charge in [0, 0.05) is 56.2 Å². The summed E-state index contributed by atoms with van der Waals surface area (Å²) >= 11 is 0. The fourth-order valence-corrected chi connectivity index (χ4v) is 4.58. The molecule has 0 radical (unpaired) electrons. The summed E-state index contributed by atoms with van der Waals surface area (Å²) in [6.07, 6.45) is 4.76. The Kier molecular flexibility index (Phi) is 6.92. The van der Waals surface area contributed by atoms with Crippen molar-refractivity contribution in [2.45, 2.75) is 32.7 Å². The van der Waals surface area contributed by atoms with Gasteiger partial charge in [-0.05, 0) is 36.6 Å². The first kappa shape index (κ1) is 21.4. The molecule has 0 aliphatic carbocycles. The molecule has 0 spiro atoms. The largest absolute Gasteiger partial charge is 0.495 e. The lowest BCUT2D eigenvalue weighted by Crippen LogP contribution is -2.47. The van der Waals surface area contributed by atoms with Crippen LogP contribution in [0.1, 0.15) is 25.3 Å². The van der Waals surface area contributed by atoms with Crippen molar-refractivity contribution in [2.24, 2.45) is 0 Å². The number of rotatable bonds is 9. The number of carbonyl (C=O) groups is 1. The van der Waals surface area contributed by atoms with Crippen molar-refractivity contribution in [1.29, 1.82) is 0 Å². The molecule has 1 aliphatic heterocycles. The summed E-state index contributed by atoms with van der Waals surface area (Å²) in [5.74, 6) is 1.25. The Morgan fingerprint density at radius 2 is 1.74 bits per heavy atom. The maximum Gasteiger partial charge on any atom is 0.152 e. The Morgan fingerprint density at radius 1 is 1.00 bits per heavy atom. The van der Waals surface area contributed by atoms with Crippen molar-refractivity contribution in [3.63, 3.8) is 0 Å². The highest BCUT2D eigenvalue weighted by Gasteiger charge is 2.20. The van der Waals surface area contributed by atoms with E-state index in [-0.39, 0.29) is 0 Å². The van der Waals surface area contributed by atoms with Gasteiger partial charge >= 0.3 is 0 Å². The number of Topliss-reactive ketones (excluding diaryl/α,β-unsaturated/α-hetero) is 1. The highest BCUT2D eigenvalue weighted by molar-refractivity contribution is 5.86. The number of piperazine rings is 1. The standard InChI is InChI=1S/C26H33N3O2/c1-3-8-22(30)20-29-19-21(23-9-4-5-10-24(23)29)13-14-27-15-17-28(18-16-27)25-11-6-7-12-26(25)31-2/h4-7,9-12,19H,3,8,13-18,20H2,1-2H3. The number of aromatic nitrogens is 1. The van der Waals surface area contributed by atoms with Crippen molar-refractivity contribution >= 4 is 22.4 Å². The lowest BCUT2D eigenvalue weighted by atomic mass is 10.1. The number of carbonyl (C=O) groups excluding carboxylic acids is 1. The Bertz CT molecular complexity index is 1020. The molecule has 164 valence electrons. The quantitative estimate of drug-likeness (QED) is 0.516. The van der Waals surface area contributed by atoms with E-state index in [9.17, 15) is 4.79 Å². The molecule has 5 nitrogen and oxygen atoms in total. The first-order chi connectivity index (χ1) is 15.2. The van der Waals surface area contributed by atoms with E-state index in [0.29, 0.717) is 18.7 Å². The molecule has 0 saturated carbocycles. The number of fused-ring (bicyclic) bond motifs is 1. The average molecular weight is 420 g/mol. The summed E-state index contributed by atoms with van der Waals surface area (Å²) in [6, 6.07) is 16.7. The second kappa shape index (κ2) is 10.0. The van der Waals surface area contributed by atoms with Crippen LogP contribution in [-0.4, -0.2) is 55.1 Å². The van der Waals surface area contributed by atoms with Gasteiger partial charge < -0.3 is 14.2 Å². The van der Waals surface area contributed by atoms with Crippen LogP contribution in [0.4, 0.5) is 5.69 Å². The molecule has 0 N–H and O–H groups in total. The number of hydrogen-bond donors (Lipinski definition) is 0. The second-order valence-corrected chi connectivity index (χ2v) is 8.34. The van der Waals surface area contributed by atoms with Gasteiger partial charge in [-0.15, -0.1) is 0 Å². The third kappa shape index (κ3) is 4.93. The van der Waals surface area contributed by atoms with Crippen molar-refractivity contribution in [3.8, 4) is 5.75 Å². The number of para-hydroxylation sites is 3. The lowest BCUT2D eigenvalue weighted by molar-refractivity contribution is -0.119. The van der Waals surface area contributed by atoms with Crippen molar-refractivity contribution in [1.82, 2.24) is 9.47 Å². The molecule has 1 fully saturated rings. The first-order valence-electron chi connectivity index (χ1n) is 11.4. The monoisotopic (exact) mass is 419 g/mol. The SMILES string of the molecule is CCCC(=O)Cn1cc(CCN2CCN(c3ccccc3OC)CC2)c2ccccc21. The van der Waals surface area contributed by atoms with Gasteiger partial charge in [-0.3, -0.25) is 9.69 Å². The van der Waals surface area contributed by atoms with E-state index >= 15 is 0 Å². The van der Waals surface area contributed by atoms with Crippen LogP contribution in [0.15, 0.2) is 54.7 Å². The highest BCUT2D eigenvalue weighted by Crippen LogP contribution is 2.28. The molecule has 0 atom stereocenters. The summed E-state index contributed by atoms with van der Waals surface area (Å²) in [6.45, 7) is 7.69. The van der Waals surface area contributed by atoms with Crippen molar-refractivity contribution in [2.75, 3.05) is 44.7 Å². The van der Waals surface area contributed by atoms with Crippen LogP contribution in [0.25, 0.3) is 10.9 Å². The molecule has 31 heavy (non-hydrogen) atoms. The molecule has 2 aromatic carbocycles. The summed E-state index contributed by atoms with van der Waals surface area (Å²) in [5, 5.41) is 1.28. The van der Waals surface area contributed by atoms with Crippen molar-refractivity contribution in [3.05, 3.63) is 60.3 Å². The third-order valence-corrected chi connectivity index (χ3v) is 6.24. The highest BCUT2D eigenvalue weighted by atomic mass is 16.5. The number of nitrogens with zero attached hydrogens (tertiary/aromatic N) is 3. The molecular weight excluding hydrogens is 386 g/mol. The molecule has 4 rings (SSSR count). The minimum absolute atomic E-state index is 0.308. The van der Waals surface area contributed by atoms with Crippen LogP contribution in [0, 0.1) is 0 Å².